The van der Waals surface area contributed by atoms with Crippen LogP contribution in [0, 0.1) is 5.92 Å². The lowest BCUT2D eigenvalue weighted by molar-refractivity contribution is 0.0652. The molecule has 0 bridgehead atoms. The highest BCUT2D eigenvalue weighted by molar-refractivity contribution is 9.10. The van der Waals surface area contributed by atoms with E-state index in [1.807, 2.05) is 18.2 Å². The van der Waals surface area contributed by atoms with Crippen molar-refractivity contribution < 1.29 is 19.2 Å². The molecule has 0 saturated heterocycles. The molecule has 1 aliphatic rings. The maximum absolute atomic E-state index is 10.8. The van der Waals surface area contributed by atoms with E-state index in [2.05, 4.69) is 21.1 Å². The molecule has 1 aromatic carbocycles. The summed E-state index contributed by atoms with van der Waals surface area (Å²) in [4.78, 5) is 10.8. The zero-order valence-corrected chi connectivity index (χ0v) is 12.1. The van der Waals surface area contributed by atoms with Crippen molar-refractivity contribution in [3.05, 3.63) is 34.5 Å². The Morgan fingerprint density at radius 1 is 1.45 bits per heavy atom. The Balaban J connectivity index is 1.79. The monoisotopic (exact) mass is 337 g/mol. The Labute approximate surface area is 123 Å². The summed E-state index contributed by atoms with van der Waals surface area (Å²) in [5.74, 6) is 0.162. The van der Waals surface area contributed by atoms with E-state index < -0.39 is 5.97 Å². The third-order valence-corrected chi connectivity index (χ3v) is 3.74. The SMILES string of the molecule is O=C(O)c1cc(-c2ccc(OCC3CC3)c(Br)c2)no1. The highest BCUT2D eigenvalue weighted by atomic mass is 79.9. The predicted octanol–water partition coefficient (Wildman–Crippen LogP) is 3.59. The van der Waals surface area contributed by atoms with E-state index in [1.54, 1.807) is 0 Å². The van der Waals surface area contributed by atoms with Crippen LogP contribution in [0.15, 0.2) is 33.3 Å². The van der Waals surface area contributed by atoms with E-state index >= 15 is 0 Å². The van der Waals surface area contributed by atoms with Gasteiger partial charge in [-0.3, -0.25) is 0 Å². The maximum atomic E-state index is 10.8. The van der Waals surface area contributed by atoms with Crippen LogP contribution >= 0.6 is 15.9 Å². The Kier molecular flexibility index (Phi) is 3.48. The Bertz CT molecular complexity index is 648. The van der Waals surface area contributed by atoms with Gasteiger partial charge in [-0.15, -0.1) is 0 Å². The zero-order valence-electron chi connectivity index (χ0n) is 10.5. The van der Waals surface area contributed by atoms with Crippen LogP contribution < -0.4 is 4.74 Å². The fraction of sp³-hybridized carbons (Fsp3) is 0.286. The van der Waals surface area contributed by atoms with Gasteiger partial charge in [-0.05, 0) is 52.9 Å². The number of carbonyl (C=O) groups is 1. The molecule has 1 heterocycles. The highest BCUT2D eigenvalue weighted by Crippen LogP contribution is 2.34. The number of nitrogens with zero attached hydrogens (tertiary/aromatic N) is 1. The van der Waals surface area contributed by atoms with Gasteiger partial charge in [0.2, 0.25) is 5.76 Å². The molecule has 5 nitrogen and oxygen atoms in total. The zero-order chi connectivity index (χ0) is 14.1. The lowest BCUT2D eigenvalue weighted by Crippen LogP contribution is -1.99. The normalized spacial score (nSPS) is 14.2. The lowest BCUT2D eigenvalue weighted by Gasteiger charge is -2.08. The first-order valence-electron chi connectivity index (χ1n) is 6.26. The summed E-state index contributed by atoms with van der Waals surface area (Å²) >= 11 is 3.45. The molecule has 0 radical (unpaired) electrons. The molecule has 0 amide bonds. The van der Waals surface area contributed by atoms with Gasteiger partial charge in [0.25, 0.3) is 0 Å². The quantitative estimate of drug-likeness (QED) is 0.902. The van der Waals surface area contributed by atoms with Crippen molar-refractivity contribution in [2.24, 2.45) is 5.92 Å². The molecule has 1 N–H and O–H groups in total. The van der Waals surface area contributed by atoms with Crippen LogP contribution in [0.3, 0.4) is 0 Å². The number of hydrogen-bond donors (Lipinski definition) is 1. The van der Waals surface area contributed by atoms with Crippen LogP contribution in [0.2, 0.25) is 0 Å². The lowest BCUT2D eigenvalue weighted by atomic mass is 10.1. The van der Waals surface area contributed by atoms with Gasteiger partial charge in [-0.2, -0.15) is 0 Å². The second-order valence-corrected chi connectivity index (χ2v) is 5.64. The van der Waals surface area contributed by atoms with Crippen molar-refractivity contribution in [1.82, 2.24) is 5.16 Å². The van der Waals surface area contributed by atoms with Crippen LogP contribution in [0.4, 0.5) is 0 Å². The summed E-state index contributed by atoms with van der Waals surface area (Å²) in [5, 5.41) is 12.6. The molecule has 104 valence electrons. The molecule has 1 aromatic heterocycles. The van der Waals surface area contributed by atoms with Gasteiger partial charge in [-0.25, -0.2) is 4.79 Å². The van der Waals surface area contributed by atoms with Crippen molar-refractivity contribution in [1.29, 1.82) is 0 Å². The molecule has 0 aliphatic heterocycles. The van der Waals surface area contributed by atoms with Gasteiger partial charge < -0.3 is 14.4 Å². The second kappa shape index (κ2) is 5.28. The van der Waals surface area contributed by atoms with Crippen LogP contribution in [0.25, 0.3) is 11.3 Å². The van der Waals surface area contributed by atoms with Crippen molar-refractivity contribution in [3.63, 3.8) is 0 Å². The fourth-order valence-electron chi connectivity index (χ4n) is 1.78. The van der Waals surface area contributed by atoms with Gasteiger partial charge in [0, 0.05) is 11.6 Å². The molecule has 0 spiro atoms. The van der Waals surface area contributed by atoms with E-state index in [1.165, 1.54) is 18.9 Å². The van der Waals surface area contributed by atoms with Crippen LogP contribution in [-0.2, 0) is 0 Å². The van der Waals surface area contributed by atoms with E-state index in [9.17, 15) is 4.79 Å². The number of aromatic nitrogens is 1. The predicted molar refractivity (Wildman–Crippen MR) is 74.8 cm³/mol. The number of hydrogen-bond acceptors (Lipinski definition) is 4. The summed E-state index contributed by atoms with van der Waals surface area (Å²) in [6, 6.07) is 6.91. The number of rotatable bonds is 5. The summed E-state index contributed by atoms with van der Waals surface area (Å²) in [6.07, 6.45) is 2.49. The van der Waals surface area contributed by atoms with Crippen LogP contribution in [-0.4, -0.2) is 22.8 Å². The standard InChI is InChI=1S/C14H12BrNO4/c15-10-5-9(11-6-13(14(17)18)20-16-11)3-4-12(10)19-7-8-1-2-8/h3-6,8H,1-2,7H2,(H,17,18). The van der Waals surface area contributed by atoms with Gasteiger partial charge in [0.05, 0.1) is 11.1 Å². The van der Waals surface area contributed by atoms with E-state index in [-0.39, 0.29) is 5.76 Å². The largest absolute Gasteiger partial charge is 0.492 e. The molecule has 6 heteroatoms. The third-order valence-electron chi connectivity index (χ3n) is 3.12. The smallest absolute Gasteiger partial charge is 0.374 e. The van der Waals surface area contributed by atoms with Crippen molar-refractivity contribution in [2.45, 2.75) is 12.8 Å². The van der Waals surface area contributed by atoms with Crippen molar-refractivity contribution in [3.8, 4) is 17.0 Å². The third kappa shape index (κ3) is 2.85. The van der Waals surface area contributed by atoms with Crippen molar-refractivity contribution >= 4 is 21.9 Å². The molecular weight excluding hydrogens is 326 g/mol. The van der Waals surface area contributed by atoms with Gasteiger partial charge in [-0.1, -0.05) is 5.16 Å². The van der Waals surface area contributed by atoms with E-state index in [0.717, 1.165) is 22.4 Å². The molecule has 1 aliphatic carbocycles. The number of ether oxygens (including phenoxy) is 1. The molecule has 0 unspecified atom stereocenters. The first-order valence-corrected chi connectivity index (χ1v) is 7.05. The average Bonchev–Trinajstić information content (AvgIpc) is 3.11. The van der Waals surface area contributed by atoms with Crippen molar-refractivity contribution in [2.75, 3.05) is 6.61 Å². The summed E-state index contributed by atoms with van der Waals surface area (Å²) < 4.78 is 11.3. The minimum Gasteiger partial charge on any atom is -0.492 e. The number of carboxylic acid groups (broad SMARTS) is 1. The average molecular weight is 338 g/mol. The number of benzene rings is 1. The summed E-state index contributed by atoms with van der Waals surface area (Å²) in [7, 11) is 0. The minimum atomic E-state index is -1.13. The van der Waals surface area contributed by atoms with Crippen LogP contribution in [0.1, 0.15) is 23.4 Å². The first-order chi connectivity index (χ1) is 9.63. The second-order valence-electron chi connectivity index (χ2n) is 4.78. The van der Waals surface area contributed by atoms with E-state index in [0.29, 0.717) is 11.6 Å². The molecule has 20 heavy (non-hydrogen) atoms. The summed E-state index contributed by atoms with van der Waals surface area (Å²) in [5.41, 5.74) is 1.25. The summed E-state index contributed by atoms with van der Waals surface area (Å²) in [6.45, 7) is 0.741. The van der Waals surface area contributed by atoms with Gasteiger partial charge >= 0.3 is 5.97 Å². The molecule has 1 fully saturated rings. The Morgan fingerprint density at radius 3 is 2.85 bits per heavy atom. The number of halogens is 1. The topological polar surface area (TPSA) is 72.6 Å². The van der Waals surface area contributed by atoms with Crippen LogP contribution in [0.5, 0.6) is 5.75 Å². The number of carboxylic acids is 1. The first kappa shape index (κ1) is 13.2. The molecule has 1 saturated carbocycles. The molecule has 2 aromatic rings. The maximum Gasteiger partial charge on any atom is 0.374 e. The molecule has 0 atom stereocenters. The highest BCUT2D eigenvalue weighted by Gasteiger charge is 2.22. The Hall–Kier alpha value is -1.82. The van der Waals surface area contributed by atoms with Gasteiger partial charge in [0.1, 0.15) is 11.4 Å². The Morgan fingerprint density at radius 2 is 2.25 bits per heavy atom. The van der Waals surface area contributed by atoms with E-state index in [4.69, 9.17) is 14.4 Å². The number of aromatic carboxylic acids is 1. The minimum absolute atomic E-state index is 0.176. The fourth-order valence-corrected chi connectivity index (χ4v) is 2.27. The van der Waals surface area contributed by atoms with Gasteiger partial charge in [0.15, 0.2) is 0 Å². The molecular formula is C14H12BrNO4. The molecule has 3 rings (SSSR count).